The molecule has 0 aliphatic rings. The Bertz CT molecular complexity index is 526. The molecular weight excluding hydrogens is 298 g/mol. The second kappa shape index (κ2) is 9.17. The van der Waals surface area contributed by atoms with Crippen molar-refractivity contribution in [2.45, 2.75) is 64.2 Å². The number of aliphatic hydroxyl groups excluding tert-OH is 1. The summed E-state index contributed by atoms with van der Waals surface area (Å²) in [6.07, 6.45) is 3.40. The minimum absolute atomic E-state index is 0.475. The summed E-state index contributed by atoms with van der Waals surface area (Å²) in [4.78, 5) is 0. The van der Waals surface area contributed by atoms with Crippen LogP contribution in [0, 0.1) is 11.8 Å². The van der Waals surface area contributed by atoms with E-state index in [2.05, 4.69) is 11.8 Å². The Balaban J connectivity index is 2.95. The first-order valence-electron chi connectivity index (χ1n) is 7.87. The molecule has 4 heteroatoms. The summed E-state index contributed by atoms with van der Waals surface area (Å²) >= 11 is 6.11. The van der Waals surface area contributed by atoms with E-state index in [1.165, 1.54) is 0 Å². The maximum atomic E-state index is 10.5. The molecule has 0 aromatic heterocycles. The van der Waals surface area contributed by atoms with Gasteiger partial charge in [-0.2, -0.15) is 0 Å². The third kappa shape index (κ3) is 6.81. The van der Waals surface area contributed by atoms with Crippen LogP contribution in [-0.4, -0.2) is 22.0 Å². The second-order valence-corrected chi connectivity index (χ2v) is 6.17. The molecular formula is C18H26ClNO2. The van der Waals surface area contributed by atoms with Crippen molar-refractivity contribution >= 4 is 11.6 Å². The van der Waals surface area contributed by atoms with Crippen molar-refractivity contribution in [3.05, 3.63) is 34.3 Å². The van der Waals surface area contributed by atoms with Gasteiger partial charge in [-0.05, 0) is 49.4 Å². The summed E-state index contributed by atoms with van der Waals surface area (Å²) in [6, 6.07) is 5.56. The Kier molecular flexibility index (Phi) is 7.92. The number of benzene rings is 1. The van der Waals surface area contributed by atoms with Gasteiger partial charge in [0.2, 0.25) is 0 Å². The van der Waals surface area contributed by atoms with Gasteiger partial charge in [0.1, 0.15) is 11.8 Å². The number of nitrogens with two attached hydrogens (primary N) is 1. The average Bonchev–Trinajstić information content (AvgIpc) is 2.43. The first-order chi connectivity index (χ1) is 10.4. The third-order valence-electron chi connectivity index (χ3n) is 3.45. The normalized spacial score (nSPS) is 12.6. The molecule has 0 heterocycles. The Morgan fingerprint density at radius 3 is 2.41 bits per heavy atom. The number of rotatable bonds is 7. The molecule has 0 bridgehead atoms. The topological polar surface area (TPSA) is 66.5 Å². The molecule has 0 spiro atoms. The van der Waals surface area contributed by atoms with E-state index in [9.17, 15) is 5.11 Å². The first-order valence-corrected chi connectivity index (χ1v) is 8.25. The van der Waals surface area contributed by atoms with Gasteiger partial charge in [-0.3, -0.25) is 0 Å². The fourth-order valence-electron chi connectivity index (χ4n) is 2.45. The van der Waals surface area contributed by atoms with Crippen LogP contribution in [0.1, 0.15) is 57.1 Å². The highest BCUT2D eigenvalue weighted by Gasteiger charge is 2.21. The summed E-state index contributed by atoms with van der Waals surface area (Å²) in [5.74, 6) is 6.05. The van der Waals surface area contributed by atoms with Gasteiger partial charge in [0, 0.05) is 10.6 Å². The molecule has 0 saturated carbocycles. The molecule has 1 rings (SSSR count). The number of hydrogen-bond acceptors (Lipinski definition) is 3. The smallest absolute Gasteiger partial charge is 0.125 e. The lowest BCUT2D eigenvalue weighted by Gasteiger charge is -2.20. The third-order valence-corrected chi connectivity index (χ3v) is 3.67. The van der Waals surface area contributed by atoms with Crippen molar-refractivity contribution in [3.63, 3.8) is 0 Å². The molecule has 22 heavy (non-hydrogen) atoms. The largest absolute Gasteiger partial charge is 0.379 e. The second-order valence-electron chi connectivity index (χ2n) is 5.74. The first kappa shape index (κ1) is 19.0. The highest BCUT2D eigenvalue weighted by molar-refractivity contribution is 6.30. The number of hydrogen-bond donors (Lipinski definition) is 3. The van der Waals surface area contributed by atoms with Crippen molar-refractivity contribution in [3.8, 4) is 11.8 Å². The maximum Gasteiger partial charge on any atom is 0.125 e. The summed E-state index contributed by atoms with van der Waals surface area (Å²) in [6.45, 7) is 4.08. The van der Waals surface area contributed by atoms with Gasteiger partial charge in [0.25, 0.3) is 0 Å². The molecule has 1 aromatic rings. The van der Waals surface area contributed by atoms with E-state index in [1.54, 1.807) is 6.07 Å². The minimum atomic E-state index is -0.931. The van der Waals surface area contributed by atoms with Crippen molar-refractivity contribution in [1.82, 2.24) is 0 Å². The molecule has 0 fully saturated rings. The lowest BCUT2D eigenvalue weighted by molar-refractivity contribution is 0.0807. The zero-order valence-electron chi connectivity index (χ0n) is 13.4. The zero-order valence-corrected chi connectivity index (χ0v) is 14.2. The van der Waals surface area contributed by atoms with Crippen LogP contribution < -0.4 is 5.73 Å². The molecule has 1 aromatic carbocycles. The van der Waals surface area contributed by atoms with Crippen LogP contribution in [0.15, 0.2) is 18.2 Å². The fourth-order valence-corrected chi connectivity index (χ4v) is 2.70. The monoisotopic (exact) mass is 323 g/mol. The Morgan fingerprint density at radius 1 is 1.23 bits per heavy atom. The lowest BCUT2D eigenvalue weighted by Crippen LogP contribution is -2.25. The van der Waals surface area contributed by atoms with Crippen LogP contribution in [0.5, 0.6) is 0 Å². The van der Waals surface area contributed by atoms with Crippen LogP contribution in [0.25, 0.3) is 0 Å². The van der Waals surface area contributed by atoms with Gasteiger partial charge in [0.15, 0.2) is 0 Å². The van der Waals surface area contributed by atoms with Gasteiger partial charge in [-0.15, -0.1) is 0 Å². The molecule has 0 amide bonds. The molecule has 4 N–H and O–H groups in total. The summed E-state index contributed by atoms with van der Waals surface area (Å²) in [5.41, 5.74) is 6.19. The van der Waals surface area contributed by atoms with Gasteiger partial charge < -0.3 is 15.9 Å². The van der Waals surface area contributed by atoms with Crippen LogP contribution in [0.3, 0.4) is 0 Å². The van der Waals surface area contributed by atoms with Crippen LogP contribution in [-0.2, 0) is 6.42 Å². The molecule has 122 valence electrons. The van der Waals surface area contributed by atoms with E-state index >= 15 is 0 Å². The van der Waals surface area contributed by atoms with Crippen LogP contribution in [0.4, 0.5) is 0 Å². The molecule has 1 atom stereocenters. The SMILES string of the molecule is CCCC(O)(C#Cc1cc(Cl)cc(CCC(N)O)c1)CCC. The van der Waals surface area contributed by atoms with Gasteiger partial charge in [-0.25, -0.2) is 0 Å². The van der Waals surface area contributed by atoms with E-state index in [0.29, 0.717) is 30.7 Å². The van der Waals surface area contributed by atoms with Crippen molar-refractivity contribution in [2.75, 3.05) is 0 Å². The fraction of sp³-hybridized carbons (Fsp3) is 0.556. The molecule has 0 aliphatic carbocycles. The van der Waals surface area contributed by atoms with Crippen molar-refractivity contribution < 1.29 is 10.2 Å². The van der Waals surface area contributed by atoms with E-state index in [4.69, 9.17) is 22.4 Å². The molecule has 0 saturated heterocycles. The highest BCUT2D eigenvalue weighted by Crippen LogP contribution is 2.20. The van der Waals surface area contributed by atoms with Crippen LogP contribution in [0.2, 0.25) is 5.02 Å². The van der Waals surface area contributed by atoms with Crippen molar-refractivity contribution in [2.24, 2.45) is 5.73 Å². The number of aryl methyl sites for hydroxylation is 1. The molecule has 3 nitrogen and oxygen atoms in total. The Morgan fingerprint density at radius 2 is 1.86 bits per heavy atom. The van der Waals surface area contributed by atoms with Crippen LogP contribution >= 0.6 is 11.6 Å². The van der Waals surface area contributed by atoms with Gasteiger partial charge in [-0.1, -0.05) is 50.1 Å². The molecule has 0 radical (unpaired) electrons. The average molecular weight is 324 g/mol. The predicted octanol–water partition coefficient (Wildman–Crippen LogP) is 3.23. The summed E-state index contributed by atoms with van der Waals surface area (Å²) < 4.78 is 0. The summed E-state index contributed by atoms with van der Waals surface area (Å²) in [5, 5.41) is 20.3. The molecule has 0 aliphatic heterocycles. The van der Waals surface area contributed by atoms with Crippen molar-refractivity contribution in [1.29, 1.82) is 0 Å². The van der Waals surface area contributed by atoms with E-state index in [1.807, 2.05) is 26.0 Å². The minimum Gasteiger partial charge on any atom is -0.379 e. The standard InChI is InChI=1S/C18H26ClNO2/c1-3-8-18(22,9-4-2)10-7-15-11-14(5-6-17(20)21)12-16(19)13-15/h11-13,17,21-22H,3-6,8-9,20H2,1-2H3. The van der Waals surface area contributed by atoms with E-state index in [0.717, 1.165) is 24.0 Å². The van der Waals surface area contributed by atoms with Gasteiger partial charge in [0.05, 0.1) is 0 Å². The maximum absolute atomic E-state index is 10.5. The lowest BCUT2D eigenvalue weighted by atomic mass is 9.93. The Labute approximate surface area is 138 Å². The van der Waals surface area contributed by atoms with E-state index in [-0.39, 0.29) is 0 Å². The van der Waals surface area contributed by atoms with E-state index < -0.39 is 11.8 Å². The number of aliphatic hydroxyl groups is 2. The quantitative estimate of drug-likeness (QED) is 0.533. The summed E-state index contributed by atoms with van der Waals surface area (Å²) in [7, 11) is 0. The number of halogens is 1. The molecule has 1 unspecified atom stereocenters. The zero-order chi connectivity index (χ0) is 16.6. The highest BCUT2D eigenvalue weighted by atomic mass is 35.5. The Hall–Kier alpha value is -1.05. The van der Waals surface area contributed by atoms with Gasteiger partial charge >= 0.3 is 0 Å². The predicted molar refractivity (Wildman–Crippen MR) is 91.6 cm³/mol.